The Hall–Kier alpha value is -3.72. The maximum atomic E-state index is 7.87. The van der Waals surface area contributed by atoms with Gasteiger partial charge in [-0.15, -0.1) is 0 Å². The van der Waals surface area contributed by atoms with Crippen molar-refractivity contribution in [2.45, 2.75) is 13.7 Å². The van der Waals surface area contributed by atoms with Crippen molar-refractivity contribution in [1.29, 1.82) is 0 Å². The number of benzene rings is 3. The zero-order valence-corrected chi connectivity index (χ0v) is 15.2. The summed E-state index contributed by atoms with van der Waals surface area (Å²) >= 11 is 0. The first-order valence-corrected chi connectivity index (χ1v) is 9.26. The number of pyridine rings is 2. The monoisotopic (exact) mass is 380 g/mol. The van der Waals surface area contributed by atoms with Crippen LogP contribution in [0, 0.1) is 13.7 Å². The summed E-state index contributed by atoms with van der Waals surface area (Å²) in [6.07, 6.45) is 1.13. The van der Waals surface area contributed by atoms with Gasteiger partial charge < -0.3 is 4.42 Å². The van der Waals surface area contributed by atoms with Crippen LogP contribution in [0.25, 0.3) is 55.0 Å². The molecule has 0 fully saturated rings. The van der Waals surface area contributed by atoms with E-state index >= 15 is 0 Å². The van der Waals surface area contributed by atoms with Crippen LogP contribution in [0.4, 0.5) is 0 Å². The number of aryl methyl sites for hydroxylation is 2. The van der Waals surface area contributed by atoms with Gasteiger partial charge in [0.25, 0.3) is 0 Å². The molecule has 138 valence electrons. The lowest BCUT2D eigenvalue weighted by atomic mass is 10.0. The molecule has 0 N–H and O–H groups in total. The largest absolute Gasteiger partial charge is 0.437 e. The normalized spacial score (nSPS) is 15.7. The van der Waals surface area contributed by atoms with E-state index in [1.807, 2.05) is 48.5 Å². The molecule has 0 saturated heterocycles. The molecule has 6 aromatic rings. The van der Waals surface area contributed by atoms with Crippen molar-refractivity contribution in [2.24, 2.45) is 0 Å². The predicted octanol–water partition coefficient (Wildman–Crippen LogP) is 6.97. The zero-order chi connectivity index (χ0) is 24.5. The lowest BCUT2D eigenvalue weighted by Gasteiger charge is -2.05. The minimum absolute atomic E-state index is 0.244. The second-order valence-electron chi connectivity index (χ2n) is 7.10. The minimum atomic E-state index is -2.61. The number of para-hydroxylation sites is 1. The summed E-state index contributed by atoms with van der Waals surface area (Å²) < 4.78 is 53.0. The lowest BCUT2D eigenvalue weighted by molar-refractivity contribution is 0.657. The third kappa shape index (κ3) is 2.37. The molecule has 6 rings (SSSR count). The highest BCUT2D eigenvalue weighted by atomic mass is 16.3. The summed E-state index contributed by atoms with van der Waals surface area (Å²) in [7, 11) is 0. The molecule has 0 bridgehead atoms. The second kappa shape index (κ2) is 5.89. The average molecular weight is 380 g/mol. The van der Waals surface area contributed by atoms with E-state index in [2.05, 4.69) is 11.1 Å². The Morgan fingerprint density at radius 2 is 1.66 bits per heavy atom. The van der Waals surface area contributed by atoms with Crippen LogP contribution in [0.1, 0.15) is 19.4 Å². The van der Waals surface area contributed by atoms with Gasteiger partial charge in [0.05, 0.1) is 11.2 Å². The van der Waals surface area contributed by atoms with Crippen molar-refractivity contribution < 1.29 is 12.6 Å². The van der Waals surface area contributed by atoms with Gasteiger partial charge in [-0.05, 0) is 48.4 Å². The highest BCUT2D eigenvalue weighted by Gasteiger charge is 2.15. The van der Waals surface area contributed by atoms with E-state index in [9.17, 15) is 0 Å². The fourth-order valence-electron chi connectivity index (χ4n) is 3.92. The van der Waals surface area contributed by atoms with Crippen LogP contribution in [0.3, 0.4) is 0 Å². The van der Waals surface area contributed by atoms with Gasteiger partial charge in [-0.3, -0.25) is 4.98 Å². The molecule has 0 spiro atoms. The van der Waals surface area contributed by atoms with Gasteiger partial charge in [-0.1, -0.05) is 48.5 Å². The van der Waals surface area contributed by atoms with Crippen LogP contribution in [-0.4, -0.2) is 9.97 Å². The van der Waals surface area contributed by atoms with Crippen LogP contribution < -0.4 is 0 Å². The summed E-state index contributed by atoms with van der Waals surface area (Å²) in [5.41, 5.74) is 2.18. The SMILES string of the molecule is [2H]C([2H])([2H])c1cnc(-c2cccc3c2oc2nc4c(ccc5ccccc54)cc23)cc1C([2H])([2H])[2H]. The lowest BCUT2D eigenvalue weighted by Crippen LogP contribution is -1.88. The number of rotatable bonds is 1. The van der Waals surface area contributed by atoms with Crippen LogP contribution in [0.5, 0.6) is 0 Å². The van der Waals surface area contributed by atoms with E-state index in [4.69, 9.17) is 17.6 Å². The first kappa shape index (κ1) is 11.3. The highest BCUT2D eigenvalue weighted by molar-refractivity contribution is 6.14. The first-order valence-electron chi connectivity index (χ1n) is 12.3. The summed E-state index contributed by atoms with van der Waals surface area (Å²) in [4.78, 5) is 9.15. The van der Waals surface area contributed by atoms with E-state index in [-0.39, 0.29) is 11.1 Å². The summed E-state index contributed by atoms with van der Waals surface area (Å²) in [6.45, 7) is -5.20. The molecule has 0 radical (unpaired) electrons. The molecule has 0 aliphatic heterocycles. The first-order chi connectivity index (χ1) is 16.6. The van der Waals surface area contributed by atoms with Gasteiger partial charge in [-0.2, -0.15) is 0 Å². The molecule has 3 nitrogen and oxygen atoms in total. The zero-order valence-electron chi connectivity index (χ0n) is 21.2. The van der Waals surface area contributed by atoms with Crippen molar-refractivity contribution in [3.63, 3.8) is 0 Å². The summed E-state index contributed by atoms with van der Waals surface area (Å²) in [5, 5.41) is 4.74. The maximum absolute atomic E-state index is 7.87. The van der Waals surface area contributed by atoms with Crippen LogP contribution in [-0.2, 0) is 0 Å². The quantitative estimate of drug-likeness (QED) is 0.289. The van der Waals surface area contributed by atoms with Crippen molar-refractivity contribution in [3.05, 3.63) is 84.1 Å². The molecular formula is C26H18N2O. The van der Waals surface area contributed by atoms with Crippen LogP contribution in [0.2, 0.25) is 0 Å². The van der Waals surface area contributed by atoms with Gasteiger partial charge in [0.15, 0.2) is 0 Å². The van der Waals surface area contributed by atoms with Crippen molar-refractivity contribution in [3.8, 4) is 11.3 Å². The van der Waals surface area contributed by atoms with Crippen molar-refractivity contribution in [2.75, 3.05) is 0 Å². The Labute approximate surface area is 176 Å². The molecule has 0 unspecified atom stereocenters. The second-order valence-corrected chi connectivity index (χ2v) is 7.10. The standard InChI is InChI=1S/C26H18N2O/c1-15-12-23(27-14-16(15)2)21-9-5-8-20-22-13-18-11-10-17-6-3-4-7-19(17)24(18)28-26(22)29-25(20)21/h3-14H,1-2H3/i1D3,2D3. The fourth-order valence-corrected chi connectivity index (χ4v) is 3.92. The van der Waals surface area contributed by atoms with Crippen LogP contribution >= 0.6 is 0 Å². The summed E-state index contributed by atoms with van der Waals surface area (Å²) in [6, 6.07) is 21.0. The van der Waals surface area contributed by atoms with Crippen molar-refractivity contribution >= 4 is 43.7 Å². The Morgan fingerprint density at radius 3 is 2.59 bits per heavy atom. The molecule has 0 saturated carbocycles. The summed E-state index contributed by atoms with van der Waals surface area (Å²) in [5.74, 6) is 0. The van der Waals surface area contributed by atoms with Gasteiger partial charge in [0, 0.05) is 41.5 Å². The molecule has 0 amide bonds. The Morgan fingerprint density at radius 1 is 0.793 bits per heavy atom. The smallest absolute Gasteiger partial charge is 0.227 e. The van der Waals surface area contributed by atoms with E-state index in [0.717, 1.165) is 38.6 Å². The van der Waals surface area contributed by atoms with Gasteiger partial charge in [0.2, 0.25) is 5.71 Å². The minimum Gasteiger partial charge on any atom is -0.437 e. The predicted molar refractivity (Wildman–Crippen MR) is 119 cm³/mol. The molecule has 3 heterocycles. The molecule has 3 heteroatoms. The molecule has 0 aliphatic rings. The third-order valence-electron chi connectivity index (χ3n) is 5.36. The van der Waals surface area contributed by atoms with Gasteiger partial charge in [0.1, 0.15) is 5.58 Å². The molecule has 0 aliphatic carbocycles. The molecular weight excluding hydrogens is 356 g/mol. The van der Waals surface area contributed by atoms with Crippen molar-refractivity contribution in [1.82, 2.24) is 9.97 Å². The number of nitrogens with zero attached hydrogens (tertiary/aromatic N) is 2. The van der Waals surface area contributed by atoms with E-state index in [1.54, 1.807) is 6.07 Å². The third-order valence-corrected chi connectivity index (χ3v) is 5.36. The highest BCUT2D eigenvalue weighted by Crippen LogP contribution is 2.37. The Bertz CT molecular complexity index is 1780. The van der Waals surface area contributed by atoms with Crippen LogP contribution in [0.15, 0.2) is 77.3 Å². The number of hydrogen-bond donors (Lipinski definition) is 0. The Balaban J connectivity index is 1.62. The van der Waals surface area contributed by atoms with E-state index in [0.29, 0.717) is 22.6 Å². The van der Waals surface area contributed by atoms with Gasteiger partial charge in [-0.25, -0.2) is 4.98 Å². The number of fused-ring (bicyclic) bond motifs is 6. The molecule has 3 aromatic carbocycles. The Kier molecular flexibility index (Phi) is 2.30. The van der Waals surface area contributed by atoms with E-state index in [1.165, 1.54) is 6.07 Å². The molecule has 29 heavy (non-hydrogen) atoms. The number of furan rings is 1. The number of hydrogen-bond acceptors (Lipinski definition) is 3. The van der Waals surface area contributed by atoms with E-state index < -0.39 is 13.7 Å². The maximum Gasteiger partial charge on any atom is 0.227 e. The molecule has 0 atom stereocenters. The number of aromatic nitrogens is 2. The van der Waals surface area contributed by atoms with Gasteiger partial charge >= 0.3 is 0 Å². The topological polar surface area (TPSA) is 38.9 Å². The molecule has 3 aromatic heterocycles. The fraction of sp³-hybridized carbons (Fsp3) is 0.0769. The average Bonchev–Trinajstić information content (AvgIpc) is 3.19.